The van der Waals surface area contributed by atoms with Gasteiger partial charge >= 0.3 is 0 Å². The Labute approximate surface area is 98.0 Å². The summed E-state index contributed by atoms with van der Waals surface area (Å²) in [7, 11) is 0. The molecule has 0 unspecified atom stereocenters. The van der Waals surface area contributed by atoms with Gasteiger partial charge in [0.2, 0.25) is 0 Å². The third kappa shape index (κ3) is 1.42. The van der Waals surface area contributed by atoms with Gasteiger partial charge in [-0.15, -0.1) is 0 Å². The van der Waals surface area contributed by atoms with Crippen LogP contribution in [0.15, 0.2) is 48.7 Å². The number of aromatic hydroxyl groups is 1. The van der Waals surface area contributed by atoms with Crippen molar-refractivity contribution in [1.29, 1.82) is 0 Å². The van der Waals surface area contributed by atoms with Crippen LogP contribution in [0, 0.1) is 0 Å². The summed E-state index contributed by atoms with van der Waals surface area (Å²) in [6.07, 6.45) is 1.73. The Balaban J connectivity index is 2.36. The van der Waals surface area contributed by atoms with Crippen molar-refractivity contribution in [1.82, 2.24) is 9.38 Å². The van der Waals surface area contributed by atoms with Gasteiger partial charge in [-0.1, -0.05) is 18.2 Å². The van der Waals surface area contributed by atoms with E-state index in [1.165, 1.54) is 0 Å². The Morgan fingerprint density at radius 2 is 1.88 bits per heavy atom. The van der Waals surface area contributed by atoms with Crippen LogP contribution in [0.4, 0.5) is 5.82 Å². The van der Waals surface area contributed by atoms with Crippen molar-refractivity contribution in [3.63, 3.8) is 0 Å². The topological polar surface area (TPSA) is 63.5 Å². The number of phenolic OH excluding ortho intramolecular Hbond substituents is 1. The van der Waals surface area contributed by atoms with Crippen molar-refractivity contribution < 1.29 is 5.11 Å². The van der Waals surface area contributed by atoms with E-state index >= 15 is 0 Å². The maximum Gasteiger partial charge on any atom is 0.149 e. The molecule has 0 fully saturated rings. The van der Waals surface area contributed by atoms with E-state index in [1.54, 1.807) is 24.4 Å². The molecule has 0 aliphatic heterocycles. The van der Waals surface area contributed by atoms with Crippen molar-refractivity contribution in [3.05, 3.63) is 48.7 Å². The van der Waals surface area contributed by atoms with Gasteiger partial charge < -0.3 is 10.8 Å². The number of aromatic nitrogens is 2. The maximum absolute atomic E-state index is 9.84. The van der Waals surface area contributed by atoms with E-state index in [1.807, 2.05) is 28.7 Å². The molecule has 0 atom stereocenters. The zero-order valence-corrected chi connectivity index (χ0v) is 9.04. The fraction of sp³-hybridized carbons (Fsp3) is 0. The third-order valence-corrected chi connectivity index (χ3v) is 2.73. The van der Waals surface area contributed by atoms with Crippen molar-refractivity contribution in [2.75, 3.05) is 5.73 Å². The van der Waals surface area contributed by atoms with Crippen LogP contribution in [-0.2, 0) is 0 Å². The average molecular weight is 225 g/mol. The highest BCUT2D eigenvalue weighted by Gasteiger charge is 2.11. The van der Waals surface area contributed by atoms with Gasteiger partial charge in [0, 0.05) is 0 Å². The second-order valence-corrected chi connectivity index (χ2v) is 3.81. The molecule has 1 aromatic carbocycles. The summed E-state index contributed by atoms with van der Waals surface area (Å²) < 4.78 is 1.81. The van der Waals surface area contributed by atoms with Crippen LogP contribution in [0.5, 0.6) is 5.75 Å². The summed E-state index contributed by atoms with van der Waals surface area (Å²) in [6.45, 7) is 0. The van der Waals surface area contributed by atoms with Gasteiger partial charge in [0.15, 0.2) is 0 Å². The molecular formula is C13H11N3O. The number of para-hydroxylation sites is 1. The summed E-state index contributed by atoms with van der Waals surface area (Å²) in [5.74, 6) is 1.44. The first kappa shape index (κ1) is 9.72. The van der Waals surface area contributed by atoms with Crippen LogP contribution in [0.25, 0.3) is 16.9 Å². The highest BCUT2D eigenvalue weighted by Crippen LogP contribution is 2.29. The number of anilines is 1. The third-order valence-electron chi connectivity index (χ3n) is 2.73. The molecule has 3 N–H and O–H groups in total. The number of imidazole rings is 1. The fourth-order valence-electron chi connectivity index (χ4n) is 1.93. The second-order valence-electron chi connectivity index (χ2n) is 3.81. The lowest BCUT2D eigenvalue weighted by atomic mass is 10.2. The van der Waals surface area contributed by atoms with Crippen molar-refractivity contribution in [3.8, 4) is 17.1 Å². The van der Waals surface area contributed by atoms with E-state index in [4.69, 9.17) is 5.73 Å². The first-order valence-corrected chi connectivity index (χ1v) is 5.27. The molecule has 0 aliphatic carbocycles. The van der Waals surface area contributed by atoms with Crippen molar-refractivity contribution in [2.24, 2.45) is 0 Å². The predicted octanol–water partition coefficient (Wildman–Crippen LogP) is 2.29. The molecule has 0 spiro atoms. The highest BCUT2D eigenvalue weighted by molar-refractivity contribution is 5.70. The van der Waals surface area contributed by atoms with Gasteiger partial charge in [-0.3, -0.25) is 4.40 Å². The summed E-state index contributed by atoms with van der Waals surface area (Å²) in [6, 6.07) is 12.7. The lowest BCUT2D eigenvalue weighted by molar-refractivity contribution is 0.477. The molecule has 0 bridgehead atoms. The molecule has 2 aromatic heterocycles. The first-order chi connectivity index (χ1) is 8.27. The van der Waals surface area contributed by atoms with E-state index in [0.29, 0.717) is 17.2 Å². The van der Waals surface area contributed by atoms with Crippen LogP contribution < -0.4 is 5.73 Å². The number of hydrogen-bond acceptors (Lipinski definition) is 3. The molecule has 0 aliphatic rings. The van der Waals surface area contributed by atoms with Gasteiger partial charge in [0.1, 0.15) is 17.4 Å². The standard InChI is InChI=1S/C13H11N3O/c14-12-7-3-4-9-8-15-13(16(9)12)10-5-1-2-6-11(10)17/h1-8,17H,14H2. The summed E-state index contributed by atoms with van der Waals surface area (Å²) in [4.78, 5) is 4.31. The van der Waals surface area contributed by atoms with Crippen LogP contribution in [0.3, 0.4) is 0 Å². The molecule has 0 radical (unpaired) electrons. The predicted molar refractivity (Wildman–Crippen MR) is 66.7 cm³/mol. The summed E-state index contributed by atoms with van der Waals surface area (Å²) >= 11 is 0. The van der Waals surface area contributed by atoms with Gasteiger partial charge in [0.05, 0.1) is 17.3 Å². The lowest BCUT2D eigenvalue weighted by Crippen LogP contribution is -1.98. The fourth-order valence-corrected chi connectivity index (χ4v) is 1.93. The summed E-state index contributed by atoms with van der Waals surface area (Å²) in [5.41, 5.74) is 7.51. The van der Waals surface area contributed by atoms with Crippen LogP contribution in [0.1, 0.15) is 0 Å². The second kappa shape index (κ2) is 3.52. The Bertz CT molecular complexity index is 688. The van der Waals surface area contributed by atoms with Crippen molar-refractivity contribution in [2.45, 2.75) is 0 Å². The maximum atomic E-state index is 9.84. The molecule has 0 amide bonds. The number of rotatable bonds is 1. The average Bonchev–Trinajstić information content (AvgIpc) is 2.75. The molecule has 4 nitrogen and oxygen atoms in total. The molecule has 17 heavy (non-hydrogen) atoms. The molecule has 4 heteroatoms. The minimum Gasteiger partial charge on any atom is -0.507 e. The van der Waals surface area contributed by atoms with Gasteiger partial charge in [-0.05, 0) is 24.3 Å². The van der Waals surface area contributed by atoms with Gasteiger partial charge in [-0.2, -0.15) is 0 Å². The number of benzene rings is 1. The molecular weight excluding hydrogens is 214 g/mol. The number of phenols is 1. The Kier molecular flexibility index (Phi) is 2.01. The zero-order chi connectivity index (χ0) is 11.8. The molecule has 3 aromatic rings. The number of fused-ring (bicyclic) bond motifs is 1. The minimum atomic E-state index is 0.197. The smallest absolute Gasteiger partial charge is 0.149 e. The van der Waals surface area contributed by atoms with E-state index in [-0.39, 0.29) is 5.75 Å². The van der Waals surface area contributed by atoms with Crippen LogP contribution >= 0.6 is 0 Å². The Hall–Kier alpha value is -2.49. The van der Waals surface area contributed by atoms with Crippen molar-refractivity contribution >= 4 is 11.3 Å². The minimum absolute atomic E-state index is 0.197. The Morgan fingerprint density at radius 1 is 1.06 bits per heavy atom. The molecule has 2 heterocycles. The normalized spacial score (nSPS) is 10.8. The van der Waals surface area contributed by atoms with Gasteiger partial charge in [-0.25, -0.2) is 4.98 Å². The zero-order valence-electron chi connectivity index (χ0n) is 9.04. The molecule has 3 rings (SSSR count). The van der Waals surface area contributed by atoms with E-state index in [9.17, 15) is 5.11 Å². The van der Waals surface area contributed by atoms with Crippen LogP contribution in [0.2, 0.25) is 0 Å². The van der Waals surface area contributed by atoms with Gasteiger partial charge in [0.25, 0.3) is 0 Å². The quantitative estimate of drug-likeness (QED) is 0.667. The van der Waals surface area contributed by atoms with E-state index < -0.39 is 0 Å². The molecule has 84 valence electrons. The number of nitrogens with two attached hydrogens (primary N) is 1. The SMILES string of the molecule is Nc1cccc2cnc(-c3ccccc3O)n12. The monoisotopic (exact) mass is 225 g/mol. The first-order valence-electron chi connectivity index (χ1n) is 5.27. The number of nitrogen functional groups attached to an aromatic ring is 1. The van der Waals surface area contributed by atoms with E-state index in [2.05, 4.69) is 4.98 Å². The molecule has 0 saturated heterocycles. The highest BCUT2D eigenvalue weighted by atomic mass is 16.3. The summed E-state index contributed by atoms with van der Waals surface area (Å²) in [5, 5.41) is 9.84. The number of pyridine rings is 1. The Morgan fingerprint density at radius 3 is 2.71 bits per heavy atom. The van der Waals surface area contributed by atoms with Crippen LogP contribution in [-0.4, -0.2) is 14.5 Å². The lowest BCUT2D eigenvalue weighted by Gasteiger charge is -2.06. The van der Waals surface area contributed by atoms with E-state index in [0.717, 1.165) is 5.52 Å². The number of hydrogen-bond donors (Lipinski definition) is 2. The molecule has 0 saturated carbocycles. The number of nitrogens with zero attached hydrogens (tertiary/aromatic N) is 2. The largest absolute Gasteiger partial charge is 0.507 e.